The van der Waals surface area contributed by atoms with Gasteiger partial charge in [-0.3, -0.25) is 4.79 Å². The molecule has 1 aliphatic carbocycles. The standard InChI is InChI=1S/C13H20N4O/c18-13(10-4-5-14-8-10)16-11-2-1-3-12(11)17-7-6-15-9-17/h6-7,9-12,14H,1-5,8H2,(H,16,18). The second kappa shape index (κ2) is 5.10. The lowest BCUT2D eigenvalue weighted by Gasteiger charge is -2.23. The van der Waals surface area contributed by atoms with E-state index in [4.69, 9.17) is 0 Å². The van der Waals surface area contributed by atoms with Crippen molar-refractivity contribution in [1.29, 1.82) is 0 Å². The van der Waals surface area contributed by atoms with Crippen LogP contribution in [0.3, 0.4) is 0 Å². The van der Waals surface area contributed by atoms with Crippen LogP contribution in [-0.2, 0) is 4.79 Å². The maximum atomic E-state index is 12.1. The Kier molecular flexibility index (Phi) is 3.32. The molecule has 0 bridgehead atoms. The molecular formula is C13H20N4O. The fourth-order valence-electron chi connectivity index (χ4n) is 3.11. The van der Waals surface area contributed by atoms with Crippen molar-refractivity contribution in [1.82, 2.24) is 20.2 Å². The van der Waals surface area contributed by atoms with Gasteiger partial charge >= 0.3 is 0 Å². The second-order valence-electron chi connectivity index (χ2n) is 5.31. The van der Waals surface area contributed by atoms with Gasteiger partial charge in [0.05, 0.1) is 18.3 Å². The summed E-state index contributed by atoms with van der Waals surface area (Å²) in [4.78, 5) is 16.2. The van der Waals surface area contributed by atoms with E-state index in [-0.39, 0.29) is 17.9 Å². The molecule has 5 heteroatoms. The highest BCUT2D eigenvalue weighted by Crippen LogP contribution is 2.30. The monoisotopic (exact) mass is 248 g/mol. The van der Waals surface area contributed by atoms with E-state index in [2.05, 4.69) is 20.2 Å². The highest BCUT2D eigenvalue weighted by atomic mass is 16.2. The van der Waals surface area contributed by atoms with E-state index < -0.39 is 0 Å². The van der Waals surface area contributed by atoms with Crippen LogP contribution in [0.2, 0.25) is 0 Å². The van der Waals surface area contributed by atoms with Crippen molar-refractivity contribution in [2.24, 2.45) is 5.92 Å². The Morgan fingerprint density at radius 3 is 3.06 bits per heavy atom. The number of amides is 1. The van der Waals surface area contributed by atoms with Crippen molar-refractivity contribution >= 4 is 5.91 Å². The maximum Gasteiger partial charge on any atom is 0.224 e. The number of imidazole rings is 1. The Morgan fingerprint density at radius 2 is 2.33 bits per heavy atom. The first-order chi connectivity index (χ1) is 8.84. The Balaban J connectivity index is 1.62. The molecule has 2 fully saturated rings. The van der Waals surface area contributed by atoms with Crippen LogP contribution in [0.15, 0.2) is 18.7 Å². The predicted molar refractivity (Wildman–Crippen MR) is 68.0 cm³/mol. The number of hydrogen-bond acceptors (Lipinski definition) is 3. The molecule has 98 valence electrons. The van der Waals surface area contributed by atoms with Gasteiger partial charge in [0.25, 0.3) is 0 Å². The molecule has 0 spiro atoms. The van der Waals surface area contributed by atoms with Crippen LogP contribution < -0.4 is 10.6 Å². The Bertz CT molecular complexity index is 397. The van der Waals surface area contributed by atoms with Crippen molar-refractivity contribution in [3.05, 3.63) is 18.7 Å². The number of carbonyl (C=O) groups excluding carboxylic acids is 1. The van der Waals surface area contributed by atoms with Crippen LogP contribution in [0.5, 0.6) is 0 Å². The number of hydrogen-bond donors (Lipinski definition) is 2. The summed E-state index contributed by atoms with van der Waals surface area (Å²) in [5.41, 5.74) is 0. The third-order valence-electron chi connectivity index (χ3n) is 4.15. The number of rotatable bonds is 3. The molecular weight excluding hydrogens is 228 g/mol. The van der Waals surface area contributed by atoms with Gasteiger partial charge in [-0.1, -0.05) is 0 Å². The Hall–Kier alpha value is -1.36. The minimum Gasteiger partial charge on any atom is -0.351 e. The summed E-state index contributed by atoms with van der Waals surface area (Å²) in [6.45, 7) is 1.79. The van der Waals surface area contributed by atoms with E-state index in [9.17, 15) is 4.79 Å². The molecule has 3 rings (SSSR count). The first kappa shape index (κ1) is 11.7. The van der Waals surface area contributed by atoms with Gasteiger partial charge < -0.3 is 15.2 Å². The third-order valence-corrected chi connectivity index (χ3v) is 4.15. The fraction of sp³-hybridized carbons (Fsp3) is 0.692. The quantitative estimate of drug-likeness (QED) is 0.828. The Labute approximate surface area is 107 Å². The first-order valence-electron chi connectivity index (χ1n) is 6.83. The molecule has 18 heavy (non-hydrogen) atoms. The van der Waals surface area contributed by atoms with E-state index in [0.29, 0.717) is 6.04 Å². The smallest absolute Gasteiger partial charge is 0.224 e. The molecule has 3 unspecified atom stereocenters. The van der Waals surface area contributed by atoms with Gasteiger partial charge in [-0.2, -0.15) is 0 Å². The summed E-state index contributed by atoms with van der Waals surface area (Å²) in [6.07, 6.45) is 10.0. The van der Waals surface area contributed by atoms with E-state index in [1.165, 1.54) is 6.42 Å². The summed E-state index contributed by atoms with van der Waals surface area (Å²) in [5, 5.41) is 6.47. The van der Waals surface area contributed by atoms with Gasteiger partial charge in [-0.15, -0.1) is 0 Å². The number of carbonyl (C=O) groups is 1. The molecule has 3 atom stereocenters. The van der Waals surface area contributed by atoms with Crippen LogP contribution in [-0.4, -0.2) is 34.6 Å². The van der Waals surface area contributed by atoms with Gasteiger partial charge in [0.1, 0.15) is 0 Å². The highest BCUT2D eigenvalue weighted by Gasteiger charge is 2.32. The van der Waals surface area contributed by atoms with E-state index >= 15 is 0 Å². The van der Waals surface area contributed by atoms with Gasteiger partial charge in [-0.05, 0) is 32.2 Å². The summed E-state index contributed by atoms with van der Waals surface area (Å²) in [6, 6.07) is 0.651. The van der Waals surface area contributed by atoms with Crippen molar-refractivity contribution < 1.29 is 4.79 Å². The predicted octanol–water partition coefficient (Wildman–Crippen LogP) is 0.702. The number of aromatic nitrogens is 2. The minimum absolute atomic E-state index is 0.161. The zero-order valence-electron chi connectivity index (χ0n) is 10.5. The lowest BCUT2D eigenvalue weighted by Crippen LogP contribution is -2.41. The SMILES string of the molecule is O=C(NC1CCCC1n1ccnc1)C1CCNC1. The van der Waals surface area contributed by atoms with Crippen molar-refractivity contribution in [3.63, 3.8) is 0 Å². The molecule has 1 amide bonds. The molecule has 1 saturated heterocycles. The molecule has 0 radical (unpaired) electrons. The van der Waals surface area contributed by atoms with Crippen LogP contribution in [0.1, 0.15) is 31.7 Å². The van der Waals surface area contributed by atoms with Gasteiger partial charge in [0.15, 0.2) is 0 Å². The van der Waals surface area contributed by atoms with Crippen LogP contribution in [0.4, 0.5) is 0 Å². The third kappa shape index (κ3) is 2.27. The van der Waals surface area contributed by atoms with E-state index in [1.54, 1.807) is 6.20 Å². The zero-order chi connectivity index (χ0) is 12.4. The normalized spacial score (nSPS) is 31.7. The molecule has 0 aromatic carbocycles. The van der Waals surface area contributed by atoms with Gasteiger partial charge in [0, 0.05) is 25.0 Å². The zero-order valence-corrected chi connectivity index (χ0v) is 10.5. The largest absolute Gasteiger partial charge is 0.351 e. The van der Waals surface area contributed by atoms with Crippen molar-refractivity contribution in [2.45, 2.75) is 37.8 Å². The summed E-state index contributed by atoms with van der Waals surface area (Å²) < 4.78 is 2.13. The summed E-state index contributed by atoms with van der Waals surface area (Å²) >= 11 is 0. The van der Waals surface area contributed by atoms with Gasteiger partial charge in [-0.25, -0.2) is 4.98 Å². The lowest BCUT2D eigenvalue weighted by molar-refractivity contribution is -0.125. The van der Waals surface area contributed by atoms with Crippen molar-refractivity contribution in [3.8, 4) is 0 Å². The van der Waals surface area contributed by atoms with Crippen LogP contribution in [0, 0.1) is 5.92 Å². The molecule has 2 N–H and O–H groups in total. The average Bonchev–Trinajstić information content (AvgIpc) is 3.11. The molecule has 1 aromatic heterocycles. The second-order valence-corrected chi connectivity index (χ2v) is 5.31. The fourth-order valence-corrected chi connectivity index (χ4v) is 3.11. The average molecular weight is 248 g/mol. The van der Waals surface area contributed by atoms with E-state index in [0.717, 1.165) is 32.4 Å². The Morgan fingerprint density at radius 1 is 1.39 bits per heavy atom. The minimum atomic E-state index is 0.161. The summed E-state index contributed by atoms with van der Waals surface area (Å²) in [5.74, 6) is 0.381. The summed E-state index contributed by atoms with van der Waals surface area (Å²) in [7, 11) is 0. The van der Waals surface area contributed by atoms with Crippen LogP contribution >= 0.6 is 0 Å². The number of nitrogens with one attached hydrogen (secondary N) is 2. The molecule has 2 aliphatic rings. The highest BCUT2D eigenvalue weighted by molar-refractivity contribution is 5.79. The molecule has 1 saturated carbocycles. The van der Waals surface area contributed by atoms with Gasteiger partial charge in [0.2, 0.25) is 5.91 Å². The first-order valence-corrected chi connectivity index (χ1v) is 6.83. The maximum absolute atomic E-state index is 12.1. The molecule has 5 nitrogen and oxygen atoms in total. The molecule has 1 aromatic rings. The molecule has 1 aliphatic heterocycles. The van der Waals surface area contributed by atoms with Crippen LogP contribution in [0.25, 0.3) is 0 Å². The lowest BCUT2D eigenvalue weighted by atomic mass is 10.1. The van der Waals surface area contributed by atoms with Crippen molar-refractivity contribution in [2.75, 3.05) is 13.1 Å². The topological polar surface area (TPSA) is 59.0 Å². The van der Waals surface area contributed by atoms with E-state index in [1.807, 2.05) is 12.5 Å². The number of nitrogens with zero attached hydrogens (tertiary/aromatic N) is 2. The molecule has 2 heterocycles.